The minimum absolute atomic E-state index is 0.0833. The van der Waals surface area contributed by atoms with Gasteiger partial charge in [0.15, 0.2) is 5.16 Å². The molecule has 24 heavy (non-hydrogen) atoms. The van der Waals surface area contributed by atoms with E-state index in [9.17, 15) is 4.79 Å². The lowest BCUT2D eigenvalue weighted by atomic mass is 10.1. The van der Waals surface area contributed by atoms with Gasteiger partial charge in [-0.05, 0) is 29.8 Å². The summed E-state index contributed by atoms with van der Waals surface area (Å²) < 4.78 is 1.99. The molecule has 0 unspecified atom stereocenters. The predicted octanol–water partition coefficient (Wildman–Crippen LogP) is 3.37. The molecule has 3 rings (SSSR count). The molecular weight excluding hydrogens is 320 g/mol. The first kappa shape index (κ1) is 16.1. The monoisotopic (exact) mass is 336 g/mol. The zero-order valence-electron chi connectivity index (χ0n) is 13.2. The number of rotatable bonds is 5. The predicted molar refractivity (Wildman–Crippen MR) is 95.8 cm³/mol. The smallest absolute Gasteiger partial charge is 0.234 e. The topological polar surface area (TPSA) is 70.7 Å². The molecule has 3 aromatic rings. The van der Waals surface area contributed by atoms with E-state index in [0.717, 1.165) is 27.4 Å². The number of nitrogens with zero attached hydrogens (tertiary/aromatic N) is 3. The first-order chi connectivity index (χ1) is 11.7. The van der Waals surface area contributed by atoms with E-state index in [1.165, 1.54) is 11.8 Å². The van der Waals surface area contributed by atoms with Crippen LogP contribution in [0.25, 0.3) is 11.0 Å². The van der Waals surface area contributed by atoms with Crippen LogP contribution in [0.2, 0.25) is 0 Å². The molecule has 0 aliphatic rings. The molecule has 6 heteroatoms. The molecule has 0 saturated carbocycles. The van der Waals surface area contributed by atoms with Gasteiger partial charge in [-0.25, -0.2) is 4.98 Å². The number of nitriles is 1. The quantitative estimate of drug-likeness (QED) is 0.725. The van der Waals surface area contributed by atoms with Crippen LogP contribution in [-0.2, 0) is 18.3 Å². The summed E-state index contributed by atoms with van der Waals surface area (Å²) >= 11 is 1.41. The Hall–Kier alpha value is -2.78. The molecule has 0 aliphatic carbocycles. The van der Waals surface area contributed by atoms with E-state index in [2.05, 4.69) is 16.4 Å². The van der Waals surface area contributed by atoms with Crippen molar-refractivity contribution in [3.8, 4) is 6.07 Å². The van der Waals surface area contributed by atoms with Crippen molar-refractivity contribution < 1.29 is 4.79 Å². The summed E-state index contributed by atoms with van der Waals surface area (Å²) in [5.41, 5.74) is 3.64. The molecule has 120 valence electrons. The molecular formula is C18H16N4OS. The summed E-state index contributed by atoms with van der Waals surface area (Å²) in [5.74, 6) is 0.206. The van der Waals surface area contributed by atoms with E-state index in [4.69, 9.17) is 5.26 Å². The van der Waals surface area contributed by atoms with Gasteiger partial charge >= 0.3 is 0 Å². The van der Waals surface area contributed by atoms with Gasteiger partial charge < -0.3 is 9.88 Å². The maximum atomic E-state index is 12.1. The number of fused-ring (bicyclic) bond motifs is 1. The number of hydrogen-bond acceptors (Lipinski definition) is 4. The standard InChI is InChI=1S/C18H16N4OS/c1-22-16-5-3-2-4-15(16)21-18(22)24-12-17(23)20-14-8-6-13(7-9-14)10-11-19/h2-9H,10,12H2,1H3,(H,20,23). The molecule has 1 heterocycles. The molecule has 0 atom stereocenters. The minimum Gasteiger partial charge on any atom is -0.325 e. The Bertz CT molecular complexity index is 909. The fourth-order valence-corrected chi connectivity index (χ4v) is 3.16. The van der Waals surface area contributed by atoms with Crippen LogP contribution in [0.4, 0.5) is 5.69 Å². The highest BCUT2D eigenvalue weighted by atomic mass is 32.2. The Morgan fingerprint density at radius 2 is 2.00 bits per heavy atom. The van der Waals surface area contributed by atoms with E-state index in [1.54, 1.807) is 0 Å². The fourth-order valence-electron chi connectivity index (χ4n) is 2.38. The van der Waals surface area contributed by atoms with Gasteiger partial charge in [0.25, 0.3) is 0 Å². The maximum absolute atomic E-state index is 12.1. The number of amides is 1. The average molecular weight is 336 g/mol. The Morgan fingerprint density at radius 1 is 1.25 bits per heavy atom. The number of aromatic nitrogens is 2. The summed E-state index contributed by atoms with van der Waals surface area (Å²) in [4.78, 5) is 16.6. The molecule has 1 N–H and O–H groups in total. The van der Waals surface area contributed by atoms with Crippen LogP contribution in [0.15, 0.2) is 53.7 Å². The third-order valence-corrected chi connectivity index (χ3v) is 4.63. The number of hydrogen-bond donors (Lipinski definition) is 1. The summed E-state index contributed by atoms with van der Waals surface area (Å²) in [6, 6.07) is 17.3. The van der Waals surface area contributed by atoms with Crippen LogP contribution in [0, 0.1) is 11.3 Å². The third kappa shape index (κ3) is 3.58. The second-order valence-corrected chi connectivity index (χ2v) is 6.25. The molecule has 0 radical (unpaired) electrons. The van der Waals surface area contributed by atoms with Crippen molar-refractivity contribution in [1.29, 1.82) is 5.26 Å². The average Bonchev–Trinajstić information content (AvgIpc) is 2.92. The minimum atomic E-state index is -0.0833. The van der Waals surface area contributed by atoms with Crippen molar-refractivity contribution in [2.24, 2.45) is 7.05 Å². The summed E-state index contributed by atoms with van der Waals surface area (Å²) in [6.07, 6.45) is 0.372. The lowest BCUT2D eigenvalue weighted by Gasteiger charge is -2.06. The van der Waals surface area contributed by atoms with Gasteiger partial charge in [0.2, 0.25) is 5.91 Å². The highest BCUT2D eigenvalue weighted by molar-refractivity contribution is 7.99. The Labute approximate surface area is 144 Å². The molecule has 0 bridgehead atoms. The molecule has 2 aromatic carbocycles. The summed E-state index contributed by atoms with van der Waals surface area (Å²) in [6.45, 7) is 0. The summed E-state index contributed by atoms with van der Waals surface area (Å²) in [5, 5.41) is 12.3. The highest BCUT2D eigenvalue weighted by Crippen LogP contribution is 2.22. The van der Waals surface area contributed by atoms with Crippen LogP contribution in [0.1, 0.15) is 5.56 Å². The van der Waals surface area contributed by atoms with Gasteiger partial charge in [0.05, 0.1) is 29.3 Å². The molecule has 5 nitrogen and oxygen atoms in total. The SMILES string of the molecule is Cn1c(SCC(=O)Nc2ccc(CC#N)cc2)nc2ccccc21. The van der Waals surface area contributed by atoms with Gasteiger partial charge in [-0.2, -0.15) is 5.26 Å². The van der Waals surface area contributed by atoms with E-state index in [-0.39, 0.29) is 11.7 Å². The van der Waals surface area contributed by atoms with Gasteiger partial charge in [-0.3, -0.25) is 4.79 Å². The van der Waals surface area contributed by atoms with Crippen LogP contribution in [-0.4, -0.2) is 21.2 Å². The van der Waals surface area contributed by atoms with Gasteiger partial charge in [-0.15, -0.1) is 0 Å². The van der Waals surface area contributed by atoms with Crippen molar-refractivity contribution in [3.63, 3.8) is 0 Å². The zero-order chi connectivity index (χ0) is 16.9. The van der Waals surface area contributed by atoms with E-state index < -0.39 is 0 Å². The Balaban J connectivity index is 1.60. The number of carbonyl (C=O) groups excluding carboxylic acids is 1. The number of imidazole rings is 1. The zero-order valence-corrected chi connectivity index (χ0v) is 14.0. The van der Waals surface area contributed by atoms with E-state index >= 15 is 0 Å². The molecule has 0 saturated heterocycles. The third-order valence-electron chi connectivity index (χ3n) is 3.60. The molecule has 0 aliphatic heterocycles. The number of anilines is 1. The summed E-state index contributed by atoms with van der Waals surface area (Å²) in [7, 11) is 1.95. The van der Waals surface area contributed by atoms with Crippen molar-refractivity contribution >= 4 is 34.4 Å². The number of thioether (sulfide) groups is 1. The number of para-hydroxylation sites is 2. The molecule has 1 aromatic heterocycles. The van der Waals surface area contributed by atoms with E-state index in [0.29, 0.717) is 6.42 Å². The van der Waals surface area contributed by atoms with Gasteiger partial charge in [0.1, 0.15) is 0 Å². The maximum Gasteiger partial charge on any atom is 0.234 e. The van der Waals surface area contributed by atoms with Crippen molar-refractivity contribution in [2.45, 2.75) is 11.6 Å². The number of carbonyl (C=O) groups is 1. The number of aryl methyl sites for hydroxylation is 1. The second kappa shape index (κ2) is 7.20. The first-order valence-corrected chi connectivity index (χ1v) is 8.46. The lowest BCUT2D eigenvalue weighted by Crippen LogP contribution is -2.14. The van der Waals surface area contributed by atoms with Crippen molar-refractivity contribution in [2.75, 3.05) is 11.1 Å². The van der Waals surface area contributed by atoms with Crippen LogP contribution >= 0.6 is 11.8 Å². The number of benzene rings is 2. The molecule has 0 spiro atoms. The van der Waals surface area contributed by atoms with Crippen LogP contribution in [0.3, 0.4) is 0 Å². The fraction of sp³-hybridized carbons (Fsp3) is 0.167. The largest absolute Gasteiger partial charge is 0.325 e. The van der Waals surface area contributed by atoms with Crippen LogP contribution < -0.4 is 5.32 Å². The molecule has 1 amide bonds. The normalized spacial score (nSPS) is 10.5. The van der Waals surface area contributed by atoms with Crippen LogP contribution in [0.5, 0.6) is 0 Å². The van der Waals surface area contributed by atoms with Gasteiger partial charge in [0, 0.05) is 12.7 Å². The van der Waals surface area contributed by atoms with E-state index in [1.807, 2.05) is 60.1 Å². The highest BCUT2D eigenvalue weighted by Gasteiger charge is 2.10. The second-order valence-electron chi connectivity index (χ2n) is 5.31. The number of nitrogens with one attached hydrogen (secondary N) is 1. The van der Waals surface area contributed by atoms with Crippen molar-refractivity contribution in [3.05, 3.63) is 54.1 Å². The van der Waals surface area contributed by atoms with Gasteiger partial charge in [-0.1, -0.05) is 36.0 Å². The molecule has 0 fully saturated rings. The Kier molecular flexibility index (Phi) is 4.82. The van der Waals surface area contributed by atoms with Crippen molar-refractivity contribution in [1.82, 2.24) is 9.55 Å². The Morgan fingerprint density at radius 3 is 2.71 bits per heavy atom. The lowest BCUT2D eigenvalue weighted by molar-refractivity contribution is -0.113. The first-order valence-electron chi connectivity index (χ1n) is 7.47.